The van der Waals surface area contributed by atoms with Crippen LogP contribution in [0, 0.1) is 5.82 Å². The first-order chi connectivity index (χ1) is 11.4. The molecule has 1 aromatic heterocycles. The van der Waals surface area contributed by atoms with Crippen LogP contribution in [0.2, 0.25) is 5.02 Å². The van der Waals surface area contributed by atoms with Gasteiger partial charge in [-0.3, -0.25) is 4.79 Å². The van der Waals surface area contributed by atoms with Gasteiger partial charge in [0.25, 0.3) is 5.56 Å². The van der Waals surface area contributed by atoms with Gasteiger partial charge in [-0.2, -0.15) is 0 Å². The first-order valence-corrected chi connectivity index (χ1v) is 7.29. The molecule has 24 heavy (non-hydrogen) atoms. The highest BCUT2D eigenvalue weighted by atomic mass is 35.5. The maximum atomic E-state index is 13.5. The molecule has 0 spiro atoms. The maximum absolute atomic E-state index is 13.5. The number of aromatic hydroxyl groups is 1. The number of hydrogen-bond donors (Lipinski definition) is 3. The minimum absolute atomic E-state index is 0.0201. The Kier molecular flexibility index (Phi) is 3.99. The lowest BCUT2D eigenvalue weighted by molar-refractivity contribution is 0.0697. The van der Waals surface area contributed by atoms with Crippen molar-refractivity contribution in [2.24, 2.45) is 0 Å². The second kappa shape index (κ2) is 5.98. The van der Waals surface area contributed by atoms with E-state index in [9.17, 15) is 19.1 Å². The summed E-state index contributed by atoms with van der Waals surface area (Å²) >= 11 is 5.62. The quantitative estimate of drug-likeness (QED) is 0.678. The van der Waals surface area contributed by atoms with Crippen LogP contribution in [0.5, 0.6) is 5.75 Å². The lowest BCUT2D eigenvalue weighted by atomic mass is 10.0. The Hall–Kier alpha value is -2.86. The predicted octanol–water partition coefficient (Wildman–Crippen LogP) is 3.32. The third-order valence-electron chi connectivity index (χ3n) is 3.69. The van der Waals surface area contributed by atoms with Crippen molar-refractivity contribution in [1.29, 1.82) is 0 Å². The standard InChI is InChI=1S/C17H11ClFNO4/c18-12-3-1-8(6-13(12)19)5-11-15(21)10-7-9(17(23)24)2-4-14(10)20-16(11)22/h1-4,6-7H,5H2,(H,23,24)(H2,20,21,22). The van der Waals surface area contributed by atoms with E-state index in [0.29, 0.717) is 11.1 Å². The second-order valence-corrected chi connectivity index (χ2v) is 5.68. The van der Waals surface area contributed by atoms with Gasteiger partial charge in [-0.15, -0.1) is 0 Å². The molecule has 0 atom stereocenters. The molecule has 0 unspecified atom stereocenters. The fourth-order valence-electron chi connectivity index (χ4n) is 2.47. The van der Waals surface area contributed by atoms with Crippen molar-refractivity contribution in [3.05, 3.63) is 74.3 Å². The Morgan fingerprint density at radius 3 is 2.62 bits per heavy atom. The van der Waals surface area contributed by atoms with Crippen molar-refractivity contribution in [2.45, 2.75) is 6.42 Å². The molecule has 0 aliphatic heterocycles. The molecule has 3 aromatic rings. The summed E-state index contributed by atoms with van der Waals surface area (Å²) in [4.78, 5) is 25.8. The number of carboxylic acid groups (broad SMARTS) is 1. The van der Waals surface area contributed by atoms with Gasteiger partial charge in [0.2, 0.25) is 0 Å². The number of hydrogen-bond acceptors (Lipinski definition) is 3. The summed E-state index contributed by atoms with van der Waals surface area (Å²) in [7, 11) is 0. The van der Waals surface area contributed by atoms with E-state index in [1.165, 1.54) is 30.3 Å². The summed E-state index contributed by atoms with van der Waals surface area (Å²) < 4.78 is 13.5. The van der Waals surface area contributed by atoms with E-state index in [-0.39, 0.29) is 33.7 Å². The third kappa shape index (κ3) is 2.83. The zero-order chi connectivity index (χ0) is 17.4. The van der Waals surface area contributed by atoms with Crippen molar-refractivity contribution in [2.75, 3.05) is 0 Å². The average Bonchev–Trinajstić information content (AvgIpc) is 2.54. The fraction of sp³-hybridized carbons (Fsp3) is 0.0588. The lowest BCUT2D eigenvalue weighted by Crippen LogP contribution is -2.13. The lowest BCUT2D eigenvalue weighted by Gasteiger charge is -2.09. The van der Waals surface area contributed by atoms with Crippen LogP contribution in [0.3, 0.4) is 0 Å². The molecule has 0 amide bonds. The third-order valence-corrected chi connectivity index (χ3v) is 4.00. The highest BCUT2D eigenvalue weighted by molar-refractivity contribution is 6.30. The van der Waals surface area contributed by atoms with Gasteiger partial charge >= 0.3 is 5.97 Å². The van der Waals surface area contributed by atoms with Gasteiger partial charge < -0.3 is 15.2 Å². The Labute approximate surface area is 140 Å². The Bertz CT molecular complexity index is 1030. The highest BCUT2D eigenvalue weighted by Crippen LogP contribution is 2.28. The number of carbonyl (C=O) groups is 1. The van der Waals surface area contributed by atoms with E-state index in [1.54, 1.807) is 6.07 Å². The molecule has 0 aliphatic carbocycles. The van der Waals surface area contributed by atoms with Crippen LogP contribution in [-0.2, 0) is 6.42 Å². The summed E-state index contributed by atoms with van der Waals surface area (Å²) in [5.74, 6) is -2.10. The number of benzene rings is 2. The van der Waals surface area contributed by atoms with Crippen LogP contribution >= 0.6 is 11.6 Å². The number of carboxylic acids is 1. The number of aromatic nitrogens is 1. The van der Waals surface area contributed by atoms with Crippen molar-refractivity contribution >= 4 is 28.5 Å². The Balaban J connectivity index is 2.14. The van der Waals surface area contributed by atoms with Crippen LogP contribution in [0.1, 0.15) is 21.5 Å². The average molecular weight is 348 g/mol. The van der Waals surface area contributed by atoms with E-state index in [1.807, 2.05) is 0 Å². The summed E-state index contributed by atoms with van der Waals surface area (Å²) in [6.45, 7) is 0. The van der Waals surface area contributed by atoms with Gasteiger partial charge in [0.05, 0.1) is 21.7 Å². The fourth-order valence-corrected chi connectivity index (χ4v) is 2.59. The normalized spacial score (nSPS) is 10.9. The number of nitrogens with one attached hydrogen (secondary N) is 1. The smallest absolute Gasteiger partial charge is 0.335 e. The molecule has 0 bridgehead atoms. The summed E-state index contributed by atoms with van der Waals surface area (Å²) in [5, 5.41) is 19.6. The van der Waals surface area contributed by atoms with Gasteiger partial charge in [0, 0.05) is 11.8 Å². The van der Waals surface area contributed by atoms with Gasteiger partial charge in [0.15, 0.2) is 0 Å². The number of fused-ring (bicyclic) bond motifs is 1. The largest absolute Gasteiger partial charge is 0.507 e. The van der Waals surface area contributed by atoms with Gasteiger partial charge in [0.1, 0.15) is 11.6 Å². The number of rotatable bonds is 3. The predicted molar refractivity (Wildman–Crippen MR) is 87.4 cm³/mol. The van der Waals surface area contributed by atoms with E-state index in [2.05, 4.69) is 4.98 Å². The van der Waals surface area contributed by atoms with E-state index >= 15 is 0 Å². The van der Waals surface area contributed by atoms with Crippen LogP contribution in [-0.4, -0.2) is 21.2 Å². The number of halogens is 2. The van der Waals surface area contributed by atoms with Crippen LogP contribution < -0.4 is 5.56 Å². The molecule has 0 aliphatic rings. The topological polar surface area (TPSA) is 90.4 Å². The van der Waals surface area contributed by atoms with E-state index in [4.69, 9.17) is 16.7 Å². The summed E-state index contributed by atoms with van der Waals surface area (Å²) in [5.41, 5.74) is 0.235. The van der Waals surface area contributed by atoms with Crippen molar-refractivity contribution in [3.63, 3.8) is 0 Å². The highest BCUT2D eigenvalue weighted by Gasteiger charge is 2.15. The van der Waals surface area contributed by atoms with Gasteiger partial charge in [-0.05, 0) is 35.9 Å². The molecule has 1 heterocycles. The SMILES string of the molecule is O=C(O)c1ccc2[nH]c(=O)c(Cc3ccc(Cl)c(F)c3)c(O)c2c1. The van der Waals surface area contributed by atoms with Crippen LogP contribution in [0.4, 0.5) is 4.39 Å². The number of aromatic amines is 1. The van der Waals surface area contributed by atoms with Gasteiger partial charge in [-0.1, -0.05) is 17.7 Å². The van der Waals surface area contributed by atoms with E-state index in [0.717, 1.165) is 0 Å². The van der Waals surface area contributed by atoms with Crippen LogP contribution in [0.25, 0.3) is 10.9 Å². The molecule has 0 radical (unpaired) electrons. The number of pyridine rings is 1. The molecule has 0 saturated carbocycles. The molecular formula is C17H11ClFNO4. The zero-order valence-corrected chi connectivity index (χ0v) is 12.9. The molecule has 0 fully saturated rings. The maximum Gasteiger partial charge on any atom is 0.335 e. The van der Waals surface area contributed by atoms with Crippen molar-refractivity contribution in [3.8, 4) is 5.75 Å². The minimum Gasteiger partial charge on any atom is -0.507 e. The zero-order valence-electron chi connectivity index (χ0n) is 12.1. The minimum atomic E-state index is -1.15. The molecule has 0 saturated heterocycles. The van der Waals surface area contributed by atoms with Crippen molar-refractivity contribution in [1.82, 2.24) is 4.98 Å². The molecule has 3 N–H and O–H groups in total. The molecule has 7 heteroatoms. The molecule has 3 rings (SSSR count). The molecular weight excluding hydrogens is 337 g/mol. The van der Waals surface area contributed by atoms with Crippen molar-refractivity contribution < 1.29 is 19.4 Å². The monoisotopic (exact) mass is 347 g/mol. The first-order valence-electron chi connectivity index (χ1n) is 6.92. The Morgan fingerprint density at radius 1 is 1.21 bits per heavy atom. The van der Waals surface area contributed by atoms with Gasteiger partial charge in [-0.25, -0.2) is 9.18 Å². The van der Waals surface area contributed by atoms with E-state index < -0.39 is 17.3 Å². The second-order valence-electron chi connectivity index (χ2n) is 5.27. The summed E-state index contributed by atoms with van der Waals surface area (Å²) in [6, 6.07) is 8.09. The first kappa shape index (κ1) is 16.0. The summed E-state index contributed by atoms with van der Waals surface area (Å²) in [6.07, 6.45) is -0.0253. The number of H-pyrrole nitrogens is 1. The molecule has 5 nitrogen and oxygen atoms in total. The number of aromatic carboxylic acids is 1. The van der Waals surface area contributed by atoms with Crippen LogP contribution in [0.15, 0.2) is 41.2 Å². The Morgan fingerprint density at radius 2 is 1.96 bits per heavy atom. The molecule has 122 valence electrons. The molecule has 2 aromatic carbocycles.